The number of halogens is 5. The van der Waals surface area contributed by atoms with Gasteiger partial charge in [-0.3, -0.25) is 14.3 Å². The number of carbonyl (C=O) groups is 2. The van der Waals surface area contributed by atoms with Crippen molar-refractivity contribution in [2.24, 2.45) is 0 Å². The van der Waals surface area contributed by atoms with Gasteiger partial charge in [-0.25, -0.2) is 9.78 Å². The summed E-state index contributed by atoms with van der Waals surface area (Å²) < 4.78 is 65.1. The Balaban J connectivity index is 1.92. The van der Waals surface area contributed by atoms with E-state index in [1.54, 1.807) is 0 Å². The highest BCUT2D eigenvalue weighted by Gasteiger charge is 2.50. The number of alkyl halides is 5. The highest BCUT2D eigenvalue weighted by Crippen LogP contribution is 2.35. The fourth-order valence-electron chi connectivity index (χ4n) is 2.83. The highest BCUT2D eigenvalue weighted by molar-refractivity contribution is 6.07. The number of urea groups is 1. The zero-order chi connectivity index (χ0) is 20.0. The Morgan fingerprint density at radius 2 is 1.96 bits per heavy atom. The van der Waals surface area contributed by atoms with Crippen LogP contribution in [0.4, 0.5) is 26.7 Å². The van der Waals surface area contributed by atoms with Crippen molar-refractivity contribution in [1.29, 1.82) is 0 Å². The van der Waals surface area contributed by atoms with Gasteiger partial charge in [0, 0.05) is 12.4 Å². The van der Waals surface area contributed by atoms with Gasteiger partial charge >= 0.3 is 18.8 Å². The average Bonchev–Trinajstić information content (AvgIpc) is 3.14. The summed E-state index contributed by atoms with van der Waals surface area (Å²) in [5.74, 6) is -1.10. The number of carbonyl (C=O) groups excluding carboxylic acids is 2. The lowest BCUT2D eigenvalue weighted by atomic mass is 9.90. The normalized spacial score (nSPS) is 20.5. The summed E-state index contributed by atoms with van der Waals surface area (Å²) in [4.78, 5) is 29.3. The molecule has 1 aliphatic heterocycles. The van der Waals surface area contributed by atoms with Crippen molar-refractivity contribution in [1.82, 2.24) is 19.8 Å². The van der Waals surface area contributed by atoms with E-state index < -0.39 is 42.3 Å². The maximum Gasteiger partial charge on any atom is 0.416 e. The Hall–Kier alpha value is -2.98. The summed E-state index contributed by atoms with van der Waals surface area (Å²) in [6.07, 6.45) is -2.55. The molecule has 144 valence electrons. The average molecular weight is 388 g/mol. The van der Waals surface area contributed by atoms with Crippen LogP contribution in [0, 0.1) is 0 Å². The SMILES string of the molecule is CC1(c2cccc(C(F)(F)F)c2)NC(=O)N(Cc2nccn2C(F)F)C1=O. The second-order valence-electron chi connectivity index (χ2n) is 6.05. The fourth-order valence-corrected chi connectivity index (χ4v) is 2.83. The first-order valence-corrected chi connectivity index (χ1v) is 7.66. The van der Waals surface area contributed by atoms with Gasteiger partial charge in [0.25, 0.3) is 5.91 Å². The number of imide groups is 1. The van der Waals surface area contributed by atoms with Crippen LogP contribution in [0.2, 0.25) is 0 Å². The van der Waals surface area contributed by atoms with Gasteiger partial charge in [-0.2, -0.15) is 22.0 Å². The van der Waals surface area contributed by atoms with Gasteiger partial charge in [-0.1, -0.05) is 12.1 Å². The number of rotatable bonds is 4. The van der Waals surface area contributed by atoms with Crippen LogP contribution in [0.15, 0.2) is 36.7 Å². The summed E-state index contributed by atoms with van der Waals surface area (Å²) in [5.41, 5.74) is -2.81. The number of nitrogens with zero attached hydrogens (tertiary/aromatic N) is 3. The molecule has 2 heterocycles. The molecule has 1 aromatic heterocycles. The van der Waals surface area contributed by atoms with Crippen LogP contribution in [0.5, 0.6) is 0 Å². The number of amides is 3. The first kappa shape index (κ1) is 18.8. The third-order valence-corrected chi connectivity index (χ3v) is 4.30. The molecule has 6 nitrogen and oxygen atoms in total. The van der Waals surface area contributed by atoms with Crippen LogP contribution in [-0.4, -0.2) is 26.4 Å². The van der Waals surface area contributed by atoms with Crippen LogP contribution in [-0.2, 0) is 23.1 Å². The van der Waals surface area contributed by atoms with Crippen LogP contribution in [0.3, 0.4) is 0 Å². The van der Waals surface area contributed by atoms with E-state index >= 15 is 0 Å². The molecule has 3 rings (SSSR count). The smallest absolute Gasteiger partial charge is 0.319 e. The van der Waals surface area contributed by atoms with E-state index in [2.05, 4.69) is 10.3 Å². The van der Waals surface area contributed by atoms with Crippen molar-refractivity contribution in [2.45, 2.75) is 31.7 Å². The topological polar surface area (TPSA) is 67.2 Å². The largest absolute Gasteiger partial charge is 0.416 e. The molecular formula is C16H13F5N4O2. The molecule has 1 atom stereocenters. The molecule has 1 N–H and O–H groups in total. The molecule has 0 spiro atoms. The third-order valence-electron chi connectivity index (χ3n) is 4.30. The zero-order valence-electron chi connectivity index (χ0n) is 13.8. The zero-order valence-corrected chi connectivity index (χ0v) is 13.8. The Morgan fingerprint density at radius 3 is 2.59 bits per heavy atom. The first-order chi connectivity index (χ1) is 12.5. The second-order valence-corrected chi connectivity index (χ2v) is 6.05. The fraction of sp³-hybridized carbons (Fsp3) is 0.312. The Morgan fingerprint density at radius 1 is 1.26 bits per heavy atom. The molecule has 1 aromatic carbocycles. The number of hydrogen-bond donors (Lipinski definition) is 1. The van der Waals surface area contributed by atoms with Gasteiger partial charge in [-0.05, 0) is 24.6 Å². The summed E-state index contributed by atoms with van der Waals surface area (Å²) in [5, 5.41) is 2.33. The van der Waals surface area contributed by atoms with Crippen LogP contribution < -0.4 is 5.32 Å². The minimum Gasteiger partial charge on any atom is -0.319 e. The van der Waals surface area contributed by atoms with E-state index in [0.29, 0.717) is 9.47 Å². The standard InChI is InChI=1S/C16H13F5N4O2/c1-15(9-3-2-4-10(7-9)16(19,20)21)12(26)25(14(27)23-15)8-11-22-5-6-24(11)13(17)18/h2-7,13H,8H2,1H3,(H,23,27). The summed E-state index contributed by atoms with van der Waals surface area (Å²) in [7, 11) is 0. The Bertz CT molecular complexity index is 895. The molecule has 1 unspecified atom stereocenters. The van der Waals surface area contributed by atoms with E-state index in [1.807, 2.05) is 0 Å². The van der Waals surface area contributed by atoms with Crippen molar-refractivity contribution in [2.75, 3.05) is 0 Å². The number of nitrogens with one attached hydrogen (secondary N) is 1. The number of benzene rings is 1. The lowest BCUT2D eigenvalue weighted by Crippen LogP contribution is -2.41. The van der Waals surface area contributed by atoms with Crippen molar-refractivity contribution in [3.63, 3.8) is 0 Å². The molecule has 1 saturated heterocycles. The molecule has 11 heteroatoms. The molecule has 1 fully saturated rings. The molecule has 0 aliphatic carbocycles. The van der Waals surface area contributed by atoms with Gasteiger partial charge in [0.1, 0.15) is 11.4 Å². The predicted molar refractivity (Wildman–Crippen MR) is 81.4 cm³/mol. The molecule has 0 saturated carbocycles. The number of imidazole rings is 1. The minimum absolute atomic E-state index is 0.0737. The summed E-state index contributed by atoms with van der Waals surface area (Å²) >= 11 is 0. The predicted octanol–water partition coefficient (Wildman–Crippen LogP) is 3.26. The minimum atomic E-state index is -4.63. The molecule has 3 amide bonds. The number of hydrogen-bond acceptors (Lipinski definition) is 3. The van der Waals surface area contributed by atoms with E-state index in [9.17, 15) is 31.5 Å². The molecular weight excluding hydrogens is 375 g/mol. The molecule has 0 bridgehead atoms. The maximum absolute atomic E-state index is 12.9. The van der Waals surface area contributed by atoms with Gasteiger partial charge in [-0.15, -0.1) is 0 Å². The monoisotopic (exact) mass is 388 g/mol. The van der Waals surface area contributed by atoms with Crippen molar-refractivity contribution >= 4 is 11.9 Å². The molecule has 1 aliphatic rings. The molecule has 2 aromatic rings. The van der Waals surface area contributed by atoms with Crippen LogP contribution >= 0.6 is 0 Å². The van der Waals surface area contributed by atoms with E-state index in [-0.39, 0.29) is 11.4 Å². The Kier molecular flexibility index (Phi) is 4.40. The summed E-state index contributed by atoms with van der Waals surface area (Å²) in [6.45, 7) is -2.21. The first-order valence-electron chi connectivity index (χ1n) is 7.66. The van der Waals surface area contributed by atoms with E-state index in [0.717, 1.165) is 30.6 Å². The maximum atomic E-state index is 12.9. The lowest BCUT2D eigenvalue weighted by molar-refractivity contribution is -0.138. The van der Waals surface area contributed by atoms with Crippen molar-refractivity contribution in [3.05, 3.63) is 53.6 Å². The van der Waals surface area contributed by atoms with Crippen LogP contribution in [0.1, 0.15) is 30.4 Å². The van der Waals surface area contributed by atoms with Crippen molar-refractivity contribution in [3.8, 4) is 0 Å². The lowest BCUT2D eigenvalue weighted by Gasteiger charge is -2.23. The van der Waals surface area contributed by atoms with E-state index in [1.165, 1.54) is 13.0 Å². The van der Waals surface area contributed by atoms with Gasteiger partial charge < -0.3 is 5.32 Å². The van der Waals surface area contributed by atoms with Crippen molar-refractivity contribution < 1.29 is 31.5 Å². The molecule has 27 heavy (non-hydrogen) atoms. The third kappa shape index (κ3) is 3.24. The van der Waals surface area contributed by atoms with Gasteiger partial charge in [0.15, 0.2) is 0 Å². The summed E-state index contributed by atoms with van der Waals surface area (Å²) in [6, 6.07) is 3.09. The number of aromatic nitrogens is 2. The van der Waals surface area contributed by atoms with Crippen LogP contribution in [0.25, 0.3) is 0 Å². The highest BCUT2D eigenvalue weighted by atomic mass is 19.4. The van der Waals surface area contributed by atoms with E-state index in [4.69, 9.17) is 0 Å². The van der Waals surface area contributed by atoms with Gasteiger partial charge in [0.2, 0.25) is 0 Å². The quantitative estimate of drug-likeness (QED) is 0.646. The van der Waals surface area contributed by atoms with Gasteiger partial charge in [0.05, 0.1) is 12.1 Å². The molecule has 0 radical (unpaired) electrons. The second kappa shape index (κ2) is 6.32. The Labute approximate surface area is 149 Å².